The quantitative estimate of drug-likeness (QED) is 0.147. The molecule has 0 aliphatic heterocycles. The van der Waals surface area contributed by atoms with E-state index in [0.29, 0.717) is 0 Å². The second-order valence-electron chi connectivity index (χ2n) is 19.9. The van der Waals surface area contributed by atoms with Crippen molar-refractivity contribution in [2.75, 3.05) is 4.90 Å². The van der Waals surface area contributed by atoms with E-state index in [1.807, 2.05) is 0 Å². The normalized spacial score (nSPS) is 12.6. The van der Waals surface area contributed by atoms with Gasteiger partial charge < -0.3 is 9.47 Å². The fourth-order valence-electron chi connectivity index (χ4n) is 12.8. The van der Waals surface area contributed by atoms with Crippen LogP contribution in [0.15, 0.2) is 291 Å². The average Bonchev–Trinajstić information content (AvgIpc) is 4.19. The van der Waals surface area contributed by atoms with Gasteiger partial charge in [-0.2, -0.15) is 0 Å². The van der Waals surface area contributed by atoms with Crippen LogP contribution in [-0.4, -0.2) is 4.57 Å². The fourth-order valence-corrected chi connectivity index (χ4v) is 12.8. The van der Waals surface area contributed by atoms with E-state index >= 15 is 0 Å². The third kappa shape index (κ3) is 6.60. The van der Waals surface area contributed by atoms with E-state index < -0.39 is 5.41 Å². The Morgan fingerprint density at radius 3 is 1.31 bits per heavy atom. The molecule has 2 nitrogen and oxygen atoms in total. The number of anilines is 3. The summed E-state index contributed by atoms with van der Waals surface area (Å²) < 4.78 is 2.46. The van der Waals surface area contributed by atoms with E-state index in [1.54, 1.807) is 0 Å². The summed E-state index contributed by atoms with van der Waals surface area (Å²) in [6.07, 6.45) is 0. The van der Waals surface area contributed by atoms with Crippen LogP contribution in [0.1, 0.15) is 22.3 Å². The summed E-state index contributed by atoms with van der Waals surface area (Å²) >= 11 is 0. The van der Waals surface area contributed by atoms with Gasteiger partial charge in [0.1, 0.15) is 0 Å². The van der Waals surface area contributed by atoms with Gasteiger partial charge in [-0.1, -0.05) is 231 Å². The number of fused-ring (bicyclic) bond motifs is 13. The summed E-state index contributed by atoms with van der Waals surface area (Å²) in [5, 5.41) is 2.46. The Morgan fingerprint density at radius 2 is 0.707 bits per heavy atom. The number of aromatic nitrogens is 1. The number of benzene rings is 12. The molecule has 1 aromatic heterocycles. The smallest absolute Gasteiger partial charge is 0.0726 e. The second-order valence-corrected chi connectivity index (χ2v) is 19.9. The second kappa shape index (κ2) is 17.2. The minimum Gasteiger partial charge on any atom is -0.310 e. The molecule has 13 aromatic rings. The third-order valence-electron chi connectivity index (χ3n) is 16.0. The van der Waals surface area contributed by atoms with Gasteiger partial charge in [0.05, 0.1) is 22.1 Å². The van der Waals surface area contributed by atoms with E-state index in [2.05, 4.69) is 301 Å². The Hall–Kier alpha value is -9.76. The molecule has 0 saturated carbocycles. The van der Waals surface area contributed by atoms with Gasteiger partial charge in [-0.3, -0.25) is 0 Å². The highest BCUT2D eigenvalue weighted by Gasteiger charge is 2.52. The molecule has 0 saturated heterocycles. The average molecular weight is 953 g/mol. The van der Waals surface area contributed by atoms with Gasteiger partial charge in [0.25, 0.3) is 0 Å². The summed E-state index contributed by atoms with van der Waals surface area (Å²) in [6, 6.07) is 108. The van der Waals surface area contributed by atoms with Crippen molar-refractivity contribution in [3.05, 3.63) is 313 Å². The molecular weight excluding hydrogens is 905 g/mol. The molecule has 0 bridgehead atoms. The van der Waals surface area contributed by atoms with Crippen LogP contribution < -0.4 is 4.90 Å². The highest BCUT2D eigenvalue weighted by atomic mass is 15.1. The van der Waals surface area contributed by atoms with Crippen molar-refractivity contribution in [1.29, 1.82) is 0 Å². The Balaban J connectivity index is 0.909. The van der Waals surface area contributed by atoms with Gasteiger partial charge in [-0.05, 0) is 144 Å². The molecule has 15 rings (SSSR count). The molecule has 0 unspecified atom stereocenters. The number of nitrogens with zero attached hydrogens (tertiary/aromatic N) is 2. The molecule has 2 aliphatic carbocycles. The van der Waals surface area contributed by atoms with Gasteiger partial charge in [0.2, 0.25) is 0 Å². The van der Waals surface area contributed by atoms with Crippen molar-refractivity contribution in [3.8, 4) is 72.4 Å². The Labute approximate surface area is 437 Å². The largest absolute Gasteiger partial charge is 0.310 e. The van der Waals surface area contributed by atoms with E-state index in [4.69, 9.17) is 0 Å². The lowest BCUT2D eigenvalue weighted by Gasteiger charge is -2.32. The first-order chi connectivity index (χ1) is 37.2. The van der Waals surface area contributed by atoms with Gasteiger partial charge in [0.15, 0.2) is 0 Å². The zero-order valence-electron chi connectivity index (χ0n) is 41.1. The first kappa shape index (κ1) is 42.9. The summed E-state index contributed by atoms with van der Waals surface area (Å²) in [5.74, 6) is 0. The van der Waals surface area contributed by atoms with Crippen LogP contribution in [0, 0.1) is 0 Å². The van der Waals surface area contributed by atoms with E-state index in [-0.39, 0.29) is 0 Å². The molecule has 2 heteroatoms. The highest BCUT2D eigenvalue weighted by molar-refractivity contribution is 6.16. The van der Waals surface area contributed by atoms with Crippen LogP contribution in [0.25, 0.3) is 94.3 Å². The van der Waals surface area contributed by atoms with Crippen LogP contribution >= 0.6 is 0 Å². The van der Waals surface area contributed by atoms with E-state index in [0.717, 1.165) is 28.3 Å². The van der Waals surface area contributed by atoms with E-state index in [9.17, 15) is 0 Å². The van der Waals surface area contributed by atoms with Crippen LogP contribution in [0.5, 0.6) is 0 Å². The Morgan fingerprint density at radius 1 is 0.280 bits per heavy atom. The molecule has 0 N–H and O–H groups in total. The summed E-state index contributed by atoms with van der Waals surface area (Å²) in [7, 11) is 0. The van der Waals surface area contributed by atoms with Crippen LogP contribution in [0.3, 0.4) is 0 Å². The lowest BCUT2D eigenvalue weighted by molar-refractivity contribution is 0.794. The Kier molecular flexibility index (Phi) is 9.83. The minimum atomic E-state index is -0.453. The molecule has 2 aliphatic rings. The van der Waals surface area contributed by atoms with Crippen molar-refractivity contribution in [3.63, 3.8) is 0 Å². The topological polar surface area (TPSA) is 8.17 Å². The monoisotopic (exact) mass is 952 g/mol. The summed E-state index contributed by atoms with van der Waals surface area (Å²) in [4.78, 5) is 2.48. The maximum atomic E-state index is 2.48. The number of para-hydroxylation sites is 1. The molecule has 0 atom stereocenters. The maximum Gasteiger partial charge on any atom is 0.0726 e. The van der Waals surface area contributed by atoms with E-state index in [1.165, 1.54) is 105 Å². The Bertz CT molecular complexity index is 4220. The van der Waals surface area contributed by atoms with Crippen LogP contribution in [0.2, 0.25) is 0 Å². The lowest BCUT2D eigenvalue weighted by Crippen LogP contribution is -2.26. The van der Waals surface area contributed by atoms with Gasteiger partial charge in [-0.15, -0.1) is 0 Å². The van der Waals surface area contributed by atoms with Crippen molar-refractivity contribution >= 4 is 38.9 Å². The molecule has 0 fully saturated rings. The SMILES string of the molecule is c1ccc(-c2ccc(N(c3ccc(-c4cccc5c4c4ccccc4n5-c4cc(-c5ccccc5)cc(-c5ccccc5)c4)cc3)c3cccc4c3-c3ccccc3C43c4ccccc4-c4ccccc43)cc2)cc1. The highest BCUT2D eigenvalue weighted by Crippen LogP contribution is 2.64. The first-order valence-corrected chi connectivity index (χ1v) is 26.0. The van der Waals surface area contributed by atoms with Crippen molar-refractivity contribution < 1.29 is 0 Å². The summed E-state index contributed by atoms with van der Waals surface area (Å²) in [5.41, 5.74) is 26.3. The number of rotatable bonds is 8. The minimum absolute atomic E-state index is 0.453. The third-order valence-corrected chi connectivity index (χ3v) is 16.0. The van der Waals surface area contributed by atoms with Gasteiger partial charge in [-0.25, -0.2) is 0 Å². The maximum absolute atomic E-state index is 2.48. The predicted molar refractivity (Wildman–Crippen MR) is 314 cm³/mol. The molecule has 1 heterocycles. The van der Waals surface area contributed by atoms with Crippen molar-refractivity contribution in [2.24, 2.45) is 0 Å². The number of hydrogen-bond donors (Lipinski definition) is 0. The van der Waals surface area contributed by atoms with Crippen LogP contribution in [0.4, 0.5) is 17.1 Å². The zero-order chi connectivity index (χ0) is 49.5. The fraction of sp³-hybridized carbons (Fsp3) is 0.0137. The lowest BCUT2D eigenvalue weighted by atomic mass is 9.70. The number of hydrogen-bond acceptors (Lipinski definition) is 1. The molecule has 350 valence electrons. The molecule has 75 heavy (non-hydrogen) atoms. The molecule has 0 amide bonds. The molecule has 0 radical (unpaired) electrons. The van der Waals surface area contributed by atoms with Gasteiger partial charge >= 0.3 is 0 Å². The molecular formula is C73H48N2. The molecule has 1 spiro atoms. The van der Waals surface area contributed by atoms with Crippen molar-refractivity contribution in [2.45, 2.75) is 5.41 Å². The van der Waals surface area contributed by atoms with Crippen molar-refractivity contribution in [1.82, 2.24) is 4.57 Å². The van der Waals surface area contributed by atoms with Crippen LogP contribution in [-0.2, 0) is 5.41 Å². The first-order valence-electron chi connectivity index (χ1n) is 26.0. The van der Waals surface area contributed by atoms with Gasteiger partial charge in [0, 0.05) is 33.4 Å². The zero-order valence-corrected chi connectivity index (χ0v) is 41.1. The standard InChI is InChI=1S/C73H48N2/c1-4-20-49(21-5-1)52-38-42-56(43-39-52)74(70-37-19-34-67-72(70)62-28-12-16-33-66(62)73(67)64-31-14-10-26-60(64)61-27-11-15-32-65(61)73)57-44-40-53(41-45-57)59-30-18-36-69-71(59)63-29-13-17-35-68(63)75(69)58-47-54(50-22-6-2-7-23-50)46-55(48-58)51-24-8-3-9-25-51/h1-48H. The summed E-state index contributed by atoms with van der Waals surface area (Å²) in [6.45, 7) is 0. The predicted octanol–water partition coefficient (Wildman–Crippen LogP) is 19.3. The molecule has 12 aromatic carbocycles.